The van der Waals surface area contributed by atoms with Crippen LogP contribution in [-0.4, -0.2) is 30.4 Å². The molecule has 9 heteroatoms. The van der Waals surface area contributed by atoms with Gasteiger partial charge in [-0.2, -0.15) is 0 Å². The molecule has 0 bridgehead atoms. The third kappa shape index (κ3) is 5.69. The summed E-state index contributed by atoms with van der Waals surface area (Å²) in [6.45, 7) is 3.72. The molecule has 0 saturated carbocycles. The highest BCUT2D eigenvalue weighted by molar-refractivity contribution is 9.10. The van der Waals surface area contributed by atoms with Crippen LogP contribution in [0.5, 0.6) is 5.75 Å². The molecule has 0 aliphatic carbocycles. The van der Waals surface area contributed by atoms with Crippen LogP contribution in [0.25, 0.3) is 6.08 Å². The van der Waals surface area contributed by atoms with Gasteiger partial charge in [-0.1, -0.05) is 45.8 Å². The Morgan fingerprint density at radius 3 is 2.36 bits per heavy atom. The first kappa shape index (κ1) is 24.9. The lowest BCUT2D eigenvalue weighted by atomic mass is 10.1. The molecule has 0 aromatic heterocycles. The minimum atomic E-state index is -0.813. The van der Waals surface area contributed by atoms with Gasteiger partial charge in [-0.3, -0.25) is 19.7 Å². The largest absolute Gasteiger partial charge is 0.484 e. The Kier molecular flexibility index (Phi) is 7.30. The highest BCUT2D eigenvalue weighted by atomic mass is 79.9. The minimum Gasteiger partial charge on any atom is -0.484 e. The normalized spacial score (nSPS) is 14.6. The van der Waals surface area contributed by atoms with E-state index in [-0.39, 0.29) is 18.1 Å². The zero-order chi connectivity index (χ0) is 25.8. The van der Waals surface area contributed by atoms with E-state index in [1.165, 1.54) is 6.08 Å². The van der Waals surface area contributed by atoms with E-state index in [1.54, 1.807) is 48.5 Å². The summed E-state index contributed by atoms with van der Waals surface area (Å²) in [6.07, 6.45) is 1.40. The van der Waals surface area contributed by atoms with Crippen molar-refractivity contribution in [3.63, 3.8) is 0 Å². The Bertz CT molecular complexity index is 1380. The van der Waals surface area contributed by atoms with Crippen LogP contribution < -0.4 is 20.3 Å². The van der Waals surface area contributed by atoms with Gasteiger partial charge in [-0.15, -0.1) is 0 Å². The summed E-state index contributed by atoms with van der Waals surface area (Å²) in [4.78, 5) is 50.8. The van der Waals surface area contributed by atoms with E-state index in [0.29, 0.717) is 17.0 Å². The molecular weight excluding hydrogens is 526 g/mol. The van der Waals surface area contributed by atoms with Gasteiger partial charge in [0.25, 0.3) is 17.7 Å². The molecule has 5 amide bonds. The van der Waals surface area contributed by atoms with Gasteiger partial charge in [-0.25, -0.2) is 9.69 Å². The summed E-state index contributed by atoms with van der Waals surface area (Å²) in [6, 6.07) is 18.0. The zero-order valence-electron chi connectivity index (χ0n) is 19.5. The predicted molar refractivity (Wildman–Crippen MR) is 140 cm³/mol. The van der Waals surface area contributed by atoms with Crippen LogP contribution in [0.4, 0.5) is 16.2 Å². The first-order valence-corrected chi connectivity index (χ1v) is 11.8. The monoisotopic (exact) mass is 547 g/mol. The number of hydrogen-bond donors (Lipinski definition) is 2. The molecular formula is C27H22BrN3O5. The molecule has 182 valence electrons. The van der Waals surface area contributed by atoms with E-state index in [4.69, 9.17) is 4.74 Å². The second-order valence-electron chi connectivity index (χ2n) is 8.16. The molecule has 2 N–H and O–H groups in total. The summed E-state index contributed by atoms with van der Waals surface area (Å²) < 4.78 is 6.34. The number of urea groups is 1. The number of anilines is 2. The van der Waals surface area contributed by atoms with Crippen molar-refractivity contribution in [2.24, 2.45) is 0 Å². The van der Waals surface area contributed by atoms with Crippen LogP contribution in [0.15, 0.2) is 76.8 Å². The van der Waals surface area contributed by atoms with Gasteiger partial charge in [0.15, 0.2) is 6.61 Å². The van der Waals surface area contributed by atoms with Crippen LogP contribution in [-0.2, 0) is 14.4 Å². The third-order valence-corrected chi connectivity index (χ3v) is 5.93. The highest BCUT2D eigenvalue weighted by Gasteiger charge is 2.36. The molecule has 4 rings (SSSR count). The quantitative estimate of drug-likeness (QED) is 0.342. The van der Waals surface area contributed by atoms with Crippen molar-refractivity contribution >= 4 is 57.1 Å². The number of ether oxygens (including phenoxy) is 1. The summed E-state index contributed by atoms with van der Waals surface area (Å²) >= 11 is 3.31. The Hall–Kier alpha value is -4.24. The molecule has 1 fully saturated rings. The van der Waals surface area contributed by atoms with Gasteiger partial charge < -0.3 is 10.1 Å². The number of aryl methyl sites for hydroxylation is 2. The van der Waals surface area contributed by atoms with Crippen molar-refractivity contribution in [2.75, 3.05) is 16.8 Å². The molecule has 36 heavy (non-hydrogen) atoms. The molecule has 0 spiro atoms. The number of hydrogen-bond acceptors (Lipinski definition) is 5. The molecule has 0 unspecified atom stereocenters. The number of benzene rings is 3. The number of carbonyl (C=O) groups is 4. The van der Waals surface area contributed by atoms with Crippen molar-refractivity contribution in [2.45, 2.75) is 13.8 Å². The highest BCUT2D eigenvalue weighted by Crippen LogP contribution is 2.24. The second-order valence-corrected chi connectivity index (χ2v) is 9.07. The fraction of sp³-hybridized carbons (Fsp3) is 0.111. The predicted octanol–water partition coefficient (Wildman–Crippen LogP) is 4.75. The lowest BCUT2D eigenvalue weighted by Crippen LogP contribution is -2.54. The average molecular weight is 548 g/mol. The molecule has 3 aromatic rings. The van der Waals surface area contributed by atoms with Crippen LogP contribution in [0, 0.1) is 13.8 Å². The number of barbiturate groups is 1. The van der Waals surface area contributed by atoms with E-state index >= 15 is 0 Å². The van der Waals surface area contributed by atoms with Crippen molar-refractivity contribution in [3.8, 4) is 5.75 Å². The summed E-state index contributed by atoms with van der Waals surface area (Å²) in [5.74, 6) is -1.36. The molecule has 8 nitrogen and oxygen atoms in total. The van der Waals surface area contributed by atoms with Crippen LogP contribution in [0.3, 0.4) is 0 Å². The Morgan fingerprint density at radius 1 is 1.00 bits per heavy atom. The number of rotatable bonds is 6. The van der Waals surface area contributed by atoms with Crippen molar-refractivity contribution in [1.82, 2.24) is 5.32 Å². The summed E-state index contributed by atoms with van der Waals surface area (Å²) in [7, 11) is 0. The Morgan fingerprint density at radius 2 is 1.69 bits per heavy atom. The van der Waals surface area contributed by atoms with Gasteiger partial charge in [0.05, 0.1) is 5.69 Å². The average Bonchev–Trinajstić information content (AvgIpc) is 2.84. The van der Waals surface area contributed by atoms with Gasteiger partial charge >= 0.3 is 6.03 Å². The van der Waals surface area contributed by atoms with E-state index in [2.05, 4.69) is 26.6 Å². The lowest BCUT2D eigenvalue weighted by molar-refractivity contribution is -0.122. The maximum absolute atomic E-state index is 13.0. The van der Waals surface area contributed by atoms with Crippen molar-refractivity contribution < 1.29 is 23.9 Å². The van der Waals surface area contributed by atoms with Gasteiger partial charge in [0.2, 0.25) is 0 Å². The van der Waals surface area contributed by atoms with Crippen LogP contribution in [0.1, 0.15) is 16.7 Å². The number of nitrogens with zero attached hydrogens (tertiary/aromatic N) is 1. The first-order valence-electron chi connectivity index (χ1n) is 11.0. The van der Waals surface area contributed by atoms with Crippen LogP contribution in [0.2, 0.25) is 0 Å². The second kappa shape index (κ2) is 10.6. The smallest absolute Gasteiger partial charge is 0.335 e. The Balaban J connectivity index is 1.42. The standard InChI is InChI=1S/C27H22BrN3O5/c1-16-3-12-23(17(2)13-16)29-24(32)15-36-21-10-4-18(5-11-21)14-22-25(33)30-27(35)31(26(22)34)20-8-6-19(28)7-9-20/h3-14H,15H2,1-2H3,(H,29,32)(H,30,33,35)/b22-14+. The van der Waals surface area contributed by atoms with Gasteiger partial charge in [-0.05, 0) is 73.5 Å². The molecule has 0 radical (unpaired) electrons. The number of amides is 5. The van der Waals surface area contributed by atoms with E-state index in [9.17, 15) is 19.2 Å². The molecule has 1 aliphatic heterocycles. The molecule has 0 atom stereocenters. The first-order chi connectivity index (χ1) is 17.2. The summed E-state index contributed by atoms with van der Waals surface area (Å²) in [5, 5.41) is 5.01. The fourth-order valence-electron chi connectivity index (χ4n) is 3.60. The van der Waals surface area contributed by atoms with E-state index in [0.717, 1.165) is 26.2 Å². The third-order valence-electron chi connectivity index (χ3n) is 5.40. The maximum Gasteiger partial charge on any atom is 0.335 e. The minimum absolute atomic E-state index is 0.181. The number of imide groups is 2. The number of carbonyl (C=O) groups excluding carboxylic acids is 4. The molecule has 1 aliphatic rings. The molecule has 1 saturated heterocycles. The van der Waals surface area contributed by atoms with Crippen molar-refractivity contribution in [3.05, 3.63) is 93.5 Å². The molecule has 1 heterocycles. The Labute approximate surface area is 216 Å². The summed E-state index contributed by atoms with van der Waals surface area (Å²) in [5.41, 5.74) is 3.49. The topological polar surface area (TPSA) is 105 Å². The van der Waals surface area contributed by atoms with Gasteiger partial charge in [0, 0.05) is 10.2 Å². The lowest BCUT2D eigenvalue weighted by Gasteiger charge is -2.26. The fourth-order valence-corrected chi connectivity index (χ4v) is 3.86. The maximum atomic E-state index is 13.0. The van der Waals surface area contributed by atoms with Crippen LogP contribution >= 0.6 is 15.9 Å². The van der Waals surface area contributed by atoms with E-state index in [1.807, 2.05) is 32.0 Å². The number of nitrogens with one attached hydrogen (secondary N) is 2. The SMILES string of the molecule is Cc1ccc(NC(=O)COc2ccc(/C=C3\C(=O)NC(=O)N(c4ccc(Br)cc4)C3=O)cc2)c(C)c1. The van der Waals surface area contributed by atoms with Gasteiger partial charge in [0.1, 0.15) is 11.3 Å². The number of halogens is 1. The zero-order valence-corrected chi connectivity index (χ0v) is 21.1. The molecule has 3 aromatic carbocycles. The van der Waals surface area contributed by atoms with E-state index < -0.39 is 17.8 Å². The van der Waals surface area contributed by atoms with Crippen molar-refractivity contribution in [1.29, 1.82) is 0 Å².